The summed E-state index contributed by atoms with van der Waals surface area (Å²) in [5.41, 5.74) is 0.673. The number of nitrogens with one attached hydrogen (secondary N) is 2. The number of phenols is 1. The molecule has 3 N–H and O–H groups in total. The number of anilines is 1. The van der Waals surface area contributed by atoms with Crippen LogP contribution in [0.2, 0.25) is 0 Å². The van der Waals surface area contributed by atoms with E-state index in [0.717, 1.165) is 26.2 Å². The highest BCUT2D eigenvalue weighted by molar-refractivity contribution is 5.64. The number of benzene rings is 1. The fourth-order valence-corrected chi connectivity index (χ4v) is 2.05. The average molecular weight is 245 g/mol. The third kappa shape index (κ3) is 2.02. The van der Waals surface area contributed by atoms with Gasteiger partial charge < -0.3 is 15.3 Å². The molecule has 1 aliphatic heterocycles. The van der Waals surface area contributed by atoms with Crippen LogP contribution in [0.15, 0.2) is 24.3 Å². The van der Waals surface area contributed by atoms with Gasteiger partial charge in [-0.15, -0.1) is 5.10 Å². The Kier molecular flexibility index (Phi) is 2.85. The first kappa shape index (κ1) is 11.0. The number of phenolic OH excluding ortho intramolecular Hbond substituents is 1. The summed E-state index contributed by atoms with van der Waals surface area (Å²) in [6, 6.07) is 7.11. The molecule has 6 nitrogen and oxygen atoms in total. The molecule has 1 aromatic carbocycles. The molecule has 3 rings (SSSR count). The van der Waals surface area contributed by atoms with Gasteiger partial charge in [0.05, 0.1) is 5.56 Å². The van der Waals surface area contributed by atoms with Crippen molar-refractivity contribution in [3.8, 4) is 17.1 Å². The Hall–Kier alpha value is -2.08. The lowest BCUT2D eigenvalue weighted by atomic mass is 10.2. The number of aromatic nitrogens is 3. The monoisotopic (exact) mass is 245 g/mol. The van der Waals surface area contributed by atoms with E-state index in [1.54, 1.807) is 12.1 Å². The summed E-state index contributed by atoms with van der Waals surface area (Å²) >= 11 is 0. The van der Waals surface area contributed by atoms with Gasteiger partial charge in [0.2, 0.25) is 5.95 Å². The zero-order valence-corrected chi connectivity index (χ0v) is 9.93. The standard InChI is InChI=1S/C12H15N5O/c18-10-4-2-1-3-9(10)11-14-12(16-15-11)17-7-5-13-6-8-17/h1-4,13,18H,5-8H2,(H,14,15,16). The number of H-pyrrole nitrogens is 1. The number of aromatic amines is 1. The molecule has 0 atom stereocenters. The second-order valence-electron chi connectivity index (χ2n) is 4.24. The first-order chi connectivity index (χ1) is 8.84. The maximum atomic E-state index is 9.77. The van der Waals surface area contributed by atoms with Crippen LogP contribution in [0.5, 0.6) is 5.75 Å². The van der Waals surface area contributed by atoms with Crippen molar-refractivity contribution in [2.75, 3.05) is 31.1 Å². The third-order valence-electron chi connectivity index (χ3n) is 3.03. The maximum Gasteiger partial charge on any atom is 0.245 e. The van der Waals surface area contributed by atoms with Crippen LogP contribution in [0.25, 0.3) is 11.4 Å². The molecule has 6 heteroatoms. The number of hydrogen-bond donors (Lipinski definition) is 3. The van der Waals surface area contributed by atoms with Crippen LogP contribution in [0, 0.1) is 0 Å². The number of nitrogens with zero attached hydrogens (tertiary/aromatic N) is 3. The van der Waals surface area contributed by atoms with Crippen LogP contribution in [0.4, 0.5) is 5.95 Å². The Morgan fingerprint density at radius 3 is 2.72 bits per heavy atom. The zero-order chi connectivity index (χ0) is 12.4. The van der Waals surface area contributed by atoms with Gasteiger partial charge in [-0.2, -0.15) is 4.98 Å². The normalized spacial score (nSPS) is 15.9. The van der Waals surface area contributed by atoms with Gasteiger partial charge in [-0.25, -0.2) is 0 Å². The minimum absolute atomic E-state index is 0.209. The van der Waals surface area contributed by atoms with Crippen molar-refractivity contribution in [3.05, 3.63) is 24.3 Å². The topological polar surface area (TPSA) is 77.1 Å². The zero-order valence-electron chi connectivity index (χ0n) is 9.93. The minimum Gasteiger partial charge on any atom is -0.507 e. The number of hydrogen-bond acceptors (Lipinski definition) is 5. The summed E-state index contributed by atoms with van der Waals surface area (Å²) in [5, 5.41) is 20.1. The molecule has 0 spiro atoms. The Morgan fingerprint density at radius 1 is 1.17 bits per heavy atom. The fourth-order valence-electron chi connectivity index (χ4n) is 2.05. The van der Waals surface area contributed by atoms with Crippen molar-refractivity contribution in [3.63, 3.8) is 0 Å². The summed E-state index contributed by atoms with van der Waals surface area (Å²) in [7, 11) is 0. The fraction of sp³-hybridized carbons (Fsp3) is 0.333. The van der Waals surface area contributed by atoms with Gasteiger partial charge in [-0.3, -0.25) is 5.10 Å². The Morgan fingerprint density at radius 2 is 1.94 bits per heavy atom. The van der Waals surface area contributed by atoms with E-state index in [2.05, 4.69) is 25.4 Å². The van der Waals surface area contributed by atoms with Gasteiger partial charge in [0, 0.05) is 26.2 Å². The molecule has 0 radical (unpaired) electrons. The molecule has 1 aliphatic rings. The Labute approximate surface area is 105 Å². The lowest BCUT2D eigenvalue weighted by molar-refractivity contribution is 0.477. The summed E-state index contributed by atoms with van der Waals surface area (Å²) in [6.07, 6.45) is 0. The summed E-state index contributed by atoms with van der Waals surface area (Å²) in [4.78, 5) is 6.56. The molecule has 18 heavy (non-hydrogen) atoms. The molecule has 0 unspecified atom stereocenters. The highest BCUT2D eigenvalue weighted by Crippen LogP contribution is 2.26. The Bertz CT molecular complexity index is 533. The number of aromatic hydroxyl groups is 1. The van der Waals surface area contributed by atoms with Gasteiger partial charge in [0.15, 0.2) is 5.82 Å². The molecule has 2 aromatic rings. The van der Waals surface area contributed by atoms with E-state index in [1.807, 2.05) is 12.1 Å². The van der Waals surface area contributed by atoms with Gasteiger partial charge in [0.25, 0.3) is 0 Å². The van der Waals surface area contributed by atoms with E-state index in [1.165, 1.54) is 0 Å². The summed E-state index contributed by atoms with van der Waals surface area (Å²) in [5.74, 6) is 1.50. The molecule has 0 amide bonds. The second kappa shape index (κ2) is 4.66. The third-order valence-corrected chi connectivity index (χ3v) is 3.03. The van der Waals surface area contributed by atoms with E-state index >= 15 is 0 Å². The molecule has 0 saturated carbocycles. The summed E-state index contributed by atoms with van der Waals surface area (Å²) < 4.78 is 0. The molecule has 1 fully saturated rings. The average Bonchev–Trinajstić information content (AvgIpc) is 2.90. The van der Waals surface area contributed by atoms with E-state index in [9.17, 15) is 5.11 Å². The molecule has 0 bridgehead atoms. The molecule has 1 aromatic heterocycles. The van der Waals surface area contributed by atoms with Crippen molar-refractivity contribution >= 4 is 5.95 Å². The molecule has 0 aliphatic carbocycles. The number of para-hydroxylation sites is 1. The predicted octanol–water partition coefficient (Wildman–Crippen LogP) is 0.587. The highest BCUT2D eigenvalue weighted by atomic mass is 16.3. The second-order valence-corrected chi connectivity index (χ2v) is 4.24. The van der Waals surface area contributed by atoms with E-state index in [-0.39, 0.29) is 5.75 Å². The van der Waals surface area contributed by atoms with Crippen LogP contribution in [0.3, 0.4) is 0 Å². The minimum atomic E-state index is 0.209. The molecule has 94 valence electrons. The smallest absolute Gasteiger partial charge is 0.245 e. The number of piperazine rings is 1. The number of rotatable bonds is 2. The predicted molar refractivity (Wildman–Crippen MR) is 68.6 cm³/mol. The van der Waals surface area contributed by atoms with E-state index in [4.69, 9.17) is 0 Å². The van der Waals surface area contributed by atoms with Gasteiger partial charge >= 0.3 is 0 Å². The SMILES string of the molecule is Oc1ccccc1-c1nc(N2CCNCC2)n[nH]1. The van der Waals surface area contributed by atoms with Crippen LogP contribution in [-0.4, -0.2) is 46.5 Å². The van der Waals surface area contributed by atoms with Gasteiger partial charge in [-0.05, 0) is 12.1 Å². The van der Waals surface area contributed by atoms with Crippen molar-refractivity contribution in [2.45, 2.75) is 0 Å². The van der Waals surface area contributed by atoms with Crippen LogP contribution < -0.4 is 10.2 Å². The molecular weight excluding hydrogens is 230 g/mol. The lowest BCUT2D eigenvalue weighted by Gasteiger charge is -2.25. The summed E-state index contributed by atoms with van der Waals surface area (Å²) in [6.45, 7) is 3.69. The van der Waals surface area contributed by atoms with Gasteiger partial charge in [-0.1, -0.05) is 12.1 Å². The van der Waals surface area contributed by atoms with E-state index < -0.39 is 0 Å². The van der Waals surface area contributed by atoms with Crippen molar-refractivity contribution in [1.29, 1.82) is 0 Å². The highest BCUT2D eigenvalue weighted by Gasteiger charge is 2.16. The van der Waals surface area contributed by atoms with Gasteiger partial charge in [0.1, 0.15) is 5.75 Å². The molecule has 2 heterocycles. The van der Waals surface area contributed by atoms with Crippen LogP contribution in [0.1, 0.15) is 0 Å². The van der Waals surface area contributed by atoms with E-state index in [0.29, 0.717) is 17.3 Å². The lowest BCUT2D eigenvalue weighted by Crippen LogP contribution is -2.44. The van der Waals surface area contributed by atoms with Crippen molar-refractivity contribution in [2.24, 2.45) is 0 Å². The molecular formula is C12H15N5O. The maximum absolute atomic E-state index is 9.77. The van der Waals surface area contributed by atoms with Crippen LogP contribution in [-0.2, 0) is 0 Å². The van der Waals surface area contributed by atoms with Crippen LogP contribution >= 0.6 is 0 Å². The first-order valence-electron chi connectivity index (χ1n) is 6.01. The first-order valence-corrected chi connectivity index (χ1v) is 6.01. The van der Waals surface area contributed by atoms with Crippen molar-refractivity contribution in [1.82, 2.24) is 20.5 Å². The quantitative estimate of drug-likeness (QED) is 0.721. The molecule has 1 saturated heterocycles. The van der Waals surface area contributed by atoms with Crippen molar-refractivity contribution < 1.29 is 5.11 Å². The Balaban J connectivity index is 1.87. The largest absolute Gasteiger partial charge is 0.507 e.